The largest absolute Gasteiger partial charge is 0.394 e. The van der Waals surface area contributed by atoms with Gasteiger partial charge in [0, 0.05) is 18.0 Å². The SMILES string of the molecule is O=c1ncc([C@@H]2O[C@H](CO)C(O)C2O)c[nH]1. The van der Waals surface area contributed by atoms with Crippen LogP contribution in [-0.4, -0.2) is 50.2 Å². The minimum absolute atomic E-state index is 0.383. The van der Waals surface area contributed by atoms with E-state index in [0.29, 0.717) is 5.56 Å². The second-order valence-electron chi connectivity index (χ2n) is 3.61. The first-order valence-electron chi connectivity index (χ1n) is 4.80. The van der Waals surface area contributed by atoms with E-state index in [1.54, 1.807) is 0 Å². The number of aliphatic hydroxyl groups excluding tert-OH is 3. The van der Waals surface area contributed by atoms with E-state index in [4.69, 9.17) is 9.84 Å². The molecule has 0 radical (unpaired) electrons. The highest BCUT2D eigenvalue weighted by atomic mass is 16.6. The van der Waals surface area contributed by atoms with Crippen molar-refractivity contribution in [2.24, 2.45) is 0 Å². The third kappa shape index (κ3) is 1.85. The van der Waals surface area contributed by atoms with Gasteiger partial charge in [-0.2, -0.15) is 0 Å². The molecule has 0 bridgehead atoms. The average molecular weight is 228 g/mol. The predicted molar refractivity (Wildman–Crippen MR) is 51.6 cm³/mol. The van der Waals surface area contributed by atoms with Crippen LogP contribution in [0.3, 0.4) is 0 Å². The monoisotopic (exact) mass is 228 g/mol. The molecule has 2 unspecified atom stereocenters. The van der Waals surface area contributed by atoms with Gasteiger partial charge in [-0.3, -0.25) is 0 Å². The Kier molecular flexibility index (Phi) is 3.01. The molecule has 0 amide bonds. The fourth-order valence-corrected chi connectivity index (χ4v) is 1.68. The molecule has 7 heteroatoms. The summed E-state index contributed by atoms with van der Waals surface area (Å²) in [5.74, 6) is 0. The molecule has 1 aliphatic rings. The summed E-state index contributed by atoms with van der Waals surface area (Å²) >= 11 is 0. The van der Waals surface area contributed by atoms with E-state index in [1.165, 1.54) is 12.4 Å². The van der Waals surface area contributed by atoms with Crippen LogP contribution in [0.15, 0.2) is 17.2 Å². The van der Waals surface area contributed by atoms with Crippen molar-refractivity contribution in [2.75, 3.05) is 6.61 Å². The van der Waals surface area contributed by atoms with Gasteiger partial charge in [0.15, 0.2) is 0 Å². The molecule has 4 N–H and O–H groups in total. The molecule has 0 aromatic carbocycles. The fraction of sp³-hybridized carbons (Fsp3) is 0.556. The van der Waals surface area contributed by atoms with Gasteiger partial charge in [-0.25, -0.2) is 9.78 Å². The van der Waals surface area contributed by atoms with Gasteiger partial charge in [0.25, 0.3) is 0 Å². The van der Waals surface area contributed by atoms with Crippen molar-refractivity contribution in [1.29, 1.82) is 0 Å². The van der Waals surface area contributed by atoms with E-state index in [-0.39, 0.29) is 6.61 Å². The number of aromatic amines is 1. The van der Waals surface area contributed by atoms with Crippen molar-refractivity contribution in [3.05, 3.63) is 28.4 Å². The number of H-pyrrole nitrogens is 1. The molecule has 1 fully saturated rings. The first kappa shape index (κ1) is 11.2. The Morgan fingerprint density at radius 1 is 1.44 bits per heavy atom. The summed E-state index contributed by atoms with van der Waals surface area (Å²) in [7, 11) is 0. The molecule has 2 rings (SSSR count). The zero-order chi connectivity index (χ0) is 11.7. The third-order valence-corrected chi connectivity index (χ3v) is 2.56. The molecule has 4 atom stereocenters. The van der Waals surface area contributed by atoms with Gasteiger partial charge >= 0.3 is 5.69 Å². The smallest absolute Gasteiger partial charge is 0.344 e. The number of nitrogens with zero attached hydrogens (tertiary/aromatic N) is 1. The highest BCUT2D eigenvalue weighted by molar-refractivity contribution is 5.12. The van der Waals surface area contributed by atoms with Gasteiger partial charge in [0.2, 0.25) is 0 Å². The summed E-state index contributed by atoms with van der Waals surface area (Å²) in [5, 5.41) is 28.1. The van der Waals surface area contributed by atoms with Gasteiger partial charge in [0.05, 0.1) is 6.61 Å². The Morgan fingerprint density at radius 2 is 2.19 bits per heavy atom. The van der Waals surface area contributed by atoms with Crippen LogP contribution in [0.4, 0.5) is 0 Å². The van der Waals surface area contributed by atoms with Crippen LogP contribution >= 0.6 is 0 Å². The second-order valence-corrected chi connectivity index (χ2v) is 3.61. The summed E-state index contributed by atoms with van der Waals surface area (Å²) in [6.07, 6.45) is -1.30. The van der Waals surface area contributed by atoms with Gasteiger partial charge in [-0.15, -0.1) is 0 Å². The number of aromatic nitrogens is 2. The number of nitrogens with one attached hydrogen (secondary N) is 1. The first-order chi connectivity index (χ1) is 7.63. The van der Waals surface area contributed by atoms with Crippen LogP contribution in [0, 0.1) is 0 Å². The highest BCUT2D eigenvalue weighted by Gasteiger charge is 2.43. The van der Waals surface area contributed by atoms with E-state index in [1.807, 2.05) is 0 Å². The molecule has 1 saturated heterocycles. The predicted octanol–water partition coefficient (Wildman–Crippen LogP) is -2.08. The Morgan fingerprint density at radius 3 is 2.69 bits per heavy atom. The molecule has 0 saturated carbocycles. The lowest BCUT2D eigenvalue weighted by Gasteiger charge is -2.13. The molecular weight excluding hydrogens is 216 g/mol. The molecule has 1 aromatic heterocycles. The van der Waals surface area contributed by atoms with Gasteiger partial charge in [-0.05, 0) is 0 Å². The molecule has 1 aliphatic heterocycles. The average Bonchev–Trinajstić information content (AvgIpc) is 2.57. The van der Waals surface area contributed by atoms with Crippen molar-refractivity contribution in [3.8, 4) is 0 Å². The molecule has 0 aliphatic carbocycles. The number of ether oxygens (including phenoxy) is 1. The van der Waals surface area contributed by atoms with Gasteiger partial charge < -0.3 is 25.0 Å². The van der Waals surface area contributed by atoms with E-state index in [9.17, 15) is 15.0 Å². The van der Waals surface area contributed by atoms with Gasteiger partial charge in [-0.1, -0.05) is 0 Å². The Balaban J connectivity index is 2.22. The Labute approximate surface area is 90.3 Å². The normalized spacial score (nSPS) is 34.2. The van der Waals surface area contributed by atoms with Crippen molar-refractivity contribution in [1.82, 2.24) is 9.97 Å². The van der Waals surface area contributed by atoms with E-state index in [0.717, 1.165) is 0 Å². The topological polar surface area (TPSA) is 116 Å². The second kappa shape index (κ2) is 4.30. The summed E-state index contributed by atoms with van der Waals surface area (Å²) < 4.78 is 5.25. The highest BCUT2D eigenvalue weighted by Crippen LogP contribution is 2.32. The van der Waals surface area contributed by atoms with Crippen LogP contribution in [0.1, 0.15) is 11.7 Å². The van der Waals surface area contributed by atoms with E-state index < -0.39 is 30.1 Å². The molecule has 88 valence electrons. The van der Waals surface area contributed by atoms with Crippen LogP contribution < -0.4 is 5.69 Å². The van der Waals surface area contributed by atoms with Crippen molar-refractivity contribution in [3.63, 3.8) is 0 Å². The lowest BCUT2D eigenvalue weighted by molar-refractivity contribution is -0.0229. The molecule has 16 heavy (non-hydrogen) atoms. The Hall–Kier alpha value is -1.28. The van der Waals surface area contributed by atoms with Gasteiger partial charge in [0.1, 0.15) is 24.4 Å². The summed E-state index contributed by atoms with van der Waals surface area (Å²) in [6.45, 7) is -0.383. The quantitative estimate of drug-likeness (QED) is 0.462. The first-order valence-corrected chi connectivity index (χ1v) is 4.80. The molecule has 0 spiro atoms. The third-order valence-electron chi connectivity index (χ3n) is 2.56. The standard InChI is InChI=1S/C9H12N2O5/c12-3-5-6(13)7(14)8(16-5)4-1-10-9(15)11-2-4/h1-2,5-8,12-14H,3H2,(H,10,11,15)/t5-,6?,7?,8+/m1/s1. The van der Waals surface area contributed by atoms with Crippen molar-refractivity contribution in [2.45, 2.75) is 24.4 Å². The molecular formula is C9H12N2O5. The summed E-state index contributed by atoms with van der Waals surface area (Å²) in [4.78, 5) is 16.6. The minimum Gasteiger partial charge on any atom is -0.394 e. The summed E-state index contributed by atoms with van der Waals surface area (Å²) in [5.41, 5.74) is -0.0578. The van der Waals surface area contributed by atoms with Crippen LogP contribution in [0.25, 0.3) is 0 Å². The lowest BCUT2D eigenvalue weighted by Crippen LogP contribution is -2.32. The fourth-order valence-electron chi connectivity index (χ4n) is 1.68. The summed E-state index contributed by atoms with van der Waals surface area (Å²) in [6, 6.07) is 0. The van der Waals surface area contributed by atoms with Crippen LogP contribution in [0.5, 0.6) is 0 Å². The molecule has 1 aromatic rings. The van der Waals surface area contributed by atoms with Crippen molar-refractivity contribution >= 4 is 0 Å². The zero-order valence-corrected chi connectivity index (χ0v) is 8.28. The minimum atomic E-state index is -1.15. The Bertz CT molecular complexity index is 400. The maximum absolute atomic E-state index is 10.7. The maximum atomic E-state index is 10.7. The zero-order valence-electron chi connectivity index (χ0n) is 8.28. The van der Waals surface area contributed by atoms with Crippen molar-refractivity contribution < 1.29 is 20.1 Å². The van der Waals surface area contributed by atoms with Crippen LogP contribution in [0.2, 0.25) is 0 Å². The van der Waals surface area contributed by atoms with E-state index in [2.05, 4.69) is 9.97 Å². The number of aliphatic hydroxyl groups is 3. The number of rotatable bonds is 2. The number of hydrogen-bond donors (Lipinski definition) is 4. The maximum Gasteiger partial charge on any atom is 0.344 e. The van der Waals surface area contributed by atoms with Crippen LogP contribution in [-0.2, 0) is 4.74 Å². The lowest BCUT2D eigenvalue weighted by atomic mass is 10.0. The molecule has 2 heterocycles. The molecule has 7 nitrogen and oxygen atoms in total. The van der Waals surface area contributed by atoms with E-state index >= 15 is 0 Å². The number of hydrogen-bond acceptors (Lipinski definition) is 6.